The Labute approximate surface area is 167 Å². The topological polar surface area (TPSA) is 58.2 Å². The molecule has 2 N–H and O–H groups in total. The van der Waals surface area contributed by atoms with Crippen molar-refractivity contribution >= 4 is 24.0 Å². The van der Waals surface area contributed by atoms with Crippen molar-refractivity contribution in [3.63, 3.8) is 0 Å². The van der Waals surface area contributed by atoms with Crippen molar-refractivity contribution in [2.75, 3.05) is 13.1 Å². The smallest absolute Gasteiger partial charge is 0.243 e. The molecule has 0 saturated carbocycles. The molecule has 2 aromatic carbocycles. The maximum atomic E-state index is 11.8. The van der Waals surface area contributed by atoms with Gasteiger partial charge in [-0.15, -0.1) is 0 Å². The van der Waals surface area contributed by atoms with Crippen LogP contribution < -0.4 is 10.6 Å². The SMILES string of the molecule is Cc1ccc(/C=C\C(=O)NCCCCNC(=O)/C=C/c2ccc(C)cc2)cc1. The second kappa shape index (κ2) is 11.5. The lowest BCUT2D eigenvalue weighted by atomic mass is 10.1. The number of aryl methyl sites for hydroxylation is 2. The van der Waals surface area contributed by atoms with E-state index in [1.807, 2.05) is 62.4 Å². The largest absolute Gasteiger partial charge is 0.353 e. The van der Waals surface area contributed by atoms with E-state index >= 15 is 0 Å². The summed E-state index contributed by atoms with van der Waals surface area (Å²) >= 11 is 0. The first kappa shape index (κ1) is 21.2. The van der Waals surface area contributed by atoms with Crippen LogP contribution >= 0.6 is 0 Å². The fraction of sp³-hybridized carbons (Fsp3) is 0.250. The Kier molecular flexibility index (Phi) is 8.73. The summed E-state index contributed by atoms with van der Waals surface area (Å²) in [6.07, 6.45) is 8.31. The molecule has 146 valence electrons. The van der Waals surface area contributed by atoms with Gasteiger partial charge in [-0.05, 0) is 50.0 Å². The fourth-order valence-electron chi connectivity index (χ4n) is 2.49. The Balaban J connectivity index is 1.56. The quantitative estimate of drug-likeness (QED) is 0.512. The van der Waals surface area contributed by atoms with Gasteiger partial charge in [0.15, 0.2) is 0 Å². The van der Waals surface area contributed by atoms with E-state index in [1.165, 1.54) is 11.1 Å². The van der Waals surface area contributed by atoms with Crippen LogP contribution in [-0.4, -0.2) is 24.9 Å². The molecule has 0 aliphatic rings. The van der Waals surface area contributed by atoms with Gasteiger partial charge in [0.05, 0.1) is 0 Å². The predicted octanol–water partition coefficient (Wildman–Crippen LogP) is 4.04. The van der Waals surface area contributed by atoms with Crippen molar-refractivity contribution in [2.24, 2.45) is 0 Å². The average Bonchev–Trinajstić information content (AvgIpc) is 2.69. The van der Waals surface area contributed by atoms with Gasteiger partial charge in [0.2, 0.25) is 11.8 Å². The molecule has 0 aromatic heterocycles. The second-order valence-electron chi connectivity index (χ2n) is 6.78. The van der Waals surface area contributed by atoms with Gasteiger partial charge in [-0.2, -0.15) is 0 Å². The van der Waals surface area contributed by atoms with Crippen LogP contribution in [-0.2, 0) is 9.59 Å². The van der Waals surface area contributed by atoms with Crippen molar-refractivity contribution in [2.45, 2.75) is 26.7 Å². The van der Waals surface area contributed by atoms with E-state index in [0.717, 1.165) is 24.0 Å². The molecule has 0 saturated heterocycles. The van der Waals surface area contributed by atoms with Crippen LogP contribution in [0, 0.1) is 13.8 Å². The van der Waals surface area contributed by atoms with E-state index in [2.05, 4.69) is 10.6 Å². The Morgan fingerprint density at radius 1 is 0.679 bits per heavy atom. The summed E-state index contributed by atoms with van der Waals surface area (Å²) in [5.41, 5.74) is 4.39. The number of hydrogen-bond donors (Lipinski definition) is 2. The van der Waals surface area contributed by atoms with Crippen molar-refractivity contribution in [1.29, 1.82) is 0 Å². The summed E-state index contributed by atoms with van der Waals surface area (Å²) in [4.78, 5) is 23.6. The number of nitrogens with one attached hydrogen (secondary N) is 2. The molecular weight excluding hydrogens is 348 g/mol. The van der Waals surface area contributed by atoms with E-state index in [-0.39, 0.29) is 11.8 Å². The molecule has 0 atom stereocenters. The second-order valence-corrected chi connectivity index (χ2v) is 6.78. The van der Waals surface area contributed by atoms with E-state index in [1.54, 1.807) is 24.3 Å². The standard InChI is InChI=1S/C24H28N2O2/c1-19-5-9-21(10-6-19)13-15-23(27)25-17-3-4-18-26-24(28)16-14-22-11-7-20(2)8-12-22/h5-16H,3-4,17-18H2,1-2H3,(H,25,27)(H,26,28)/b15-13-,16-14+. The highest BCUT2D eigenvalue weighted by Crippen LogP contribution is 2.05. The van der Waals surface area contributed by atoms with Crippen molar-refractivity contribution in [3.8, 4) is 0 Å². The van der Waals surface area contributed by atoms with Gasteiger partial charge < -0.3 is 10.6 Å². The van der Waals surface area contributed by atoms with Crippen molar-refractivity contribution in [3.05, 3.63) is 82.9 Å². The third kappa shape index (κ3) is 8.49. The maximum Gasteiger partial charge on any atom is 0.243 e. The fourth-order valence-corrected chi connectivity index (χ4v) is 2.49. The molecule has 0 bridgehead atoms. The van der Waals surface area contributed by atoms with Crippen molar-refractivity contribution in [1.82, 2.24) is 10.6 Å². The van der Waals surface area contributed by atoms with Crippen LogP contribution in [0.25, 0.3) is 12.2 Å². The molecule has 0 aliphatic heterocycles. The number of benzene rings is 2. The van der Waals surface area contributed by atoms with Gasteiger partial charge >= 0.3 is 0 Å². The third-order valence-corrected chi connectivity index (χ3v) is 4.21. The molecule has 2 aromatic rings. The first-order chi connectivity index (χ1) is 13.5. The van der Waals surface area contributed by atoms with Gasteiger partial charge in [-0.3, -0.25) is 9.59 Å². The van der Waals surface area contributed by atoms with E-state index in [4.69, 9.17) is 0 Å². The Morgan fingerprint density at radius 2 is 1.04 bits per heavy atom. The lowest BCUT2D eigenvalue weighted by Crippen LogP contribution is -2.25. The number of carbonyl (C=O) groups is 2. The van der Waals surface area contributed by atoms with Crippen LogP contribution in [0.2, 0.25) is 0 Å². The Bertz CT molecular complexity index is 747. The molecule has 2 rings (SSSR count). The molecule has 2 amide bonds. The van der Waals surface area contributed by atoms with Crippen molar-refractivity contribution < 1.29 is 9.59 Å². The van der Waals surface area contributed by atoms with Gasteiger partial charge in [-0.1, -0.05) is 59.7 Å². The molecular formula is C24H28N2O2. The van der Waals surface area contributed by atoms with E-state index in [9.17, 15) is 9.59 Å². The first-order valence-corrected chi connectivity index (χ1v) is 9.58. The number of carbonyl (C=O) groups excluding carboxylic acids is 2. The van der Waals surface area contributed by atoms with E-state index in [0.29, 0.717) is 13.1 Å². The zero-order valence-corrected chi connectivity index (χ0v) is 16.6. The highest BCUT2D eigenvalue weighted by molar-refractivity contribution is 5.92. The summed E-state index contributed by atoms with van der Waals surface area (Å²) in [7, 11) is 0. The third-order valence-electron chi connectivity index (χ3n) is 4.21. The predicted molar refractivity (Wildman–Crippen MR) is 116 cm³/mol. The van der Waals surface area contributed by atoms with Crippen LogP contribution in [0.15, 0.2) is 60.7 Å². The average molecular weight is 377 g/mol. The molecule has 4 heteroatoms. The molecule has 0 aliphatic carbocycles. The number of amides is 2. The van der Waals surface area contributed by atoms with Gasteiger partial charge in [0.25, 0.3) is 0 Å². The molecule has 0 radical (unpaired) electrons. The zero-order chi connectivity index (χ0) is 20.2. The normalized spacial score (nSPS) is 11.1. The van der Waals surface area contributed by atoms with E-state index < -0.39 is 0 Å². The number of hydrogen-bond acceptors (Lipinski definition) is 2. The van der Waals surface area contributed by atoms with Gasteiger partial charge in [-0.25, -0.2) is 0 Å². The highest BCUT2D eigenvalue weighted by Gasteiger charge is 1.97. The lowest BCUT2D eigenvalue weighted by Gasteiger charge is -2.04. The minimum absolute atomic E-state index is 0.106. The van der Waals surface area contributed by atoms with Crippen LogP contribution in [0.5, 0.6) is 0 Å². The minimum Gasteiger partial charge on any atom is -0.353 e. The van der Waals surface area contributed by atoms with Crippen LogP contribution in [0.1, 0.15) is 35.1 Å². The summed E-state index contributed by atoms with van der Waals surface area (Å²) < 4.78 is 0. The molecule has 4 nitrogen and oxygen atoms in total. The van der Waals surface area contributed by atoms with Gasteiger partial charge in [0.1, 0.15) is 0 Å². The highest BCUT2D eigenvalue weighted by atomic mass is 16.2. The monoisotopic (exact) mass is 376 g/mol. The number of rotatable bonds is 9. The number of unbranched alkanes of at least 4 members (excludes halogenated alkanes) is 1. The zero-order valence-electron chi connectivity index (χ0n) is 16.6. The first-order valence-electron chi connectivity index (χ1n) is 9.58. The molecule has 0 fully saturated rings. The van der Waals surface area contributed by atoms with Crippen LogP contribution in [0.4, 0.5) is 0 Å². The molecule has 0 spiro atoms. The lowest BCUT2D eigenvalue weighted by molar-refractivity contribution is -0.117. The summed E-state index contributed by atoms with van der Waals surface area (Å²) in [5.74, 6) is -0.212. The van der Waals surface area contributed by atoms with Crippen LogP contribution in [0.3, 0.4) is 0 Å². The molecule has 0 unspecified atom stereocenters. The van der Waals surface area contributed by atoms with Gasteiger partial charge in [0, 0.05) is 25.2 Å². The Morgan fingerprint density at radius 3 is 1.39 bits per heavy atom. The molecule has 28 heavy (non-hydrogen) atoms. The Hall–Kier alpha value is -3.14. The molecule has 0 heterocycles. The summed E-state index contributed by atoms with van der Waals surface area (Å²) in [6, 6.07) is 16.0. The maximum absolute atomic E-state index is 11.8. The summed E-state index contributed by atoms with van der Waals surface area (Å²) in [5, 5.41) is 5.70. The minimum atomic E-state index is -0.106. The summed E-state index contributed by atoms with van der Waals surface area (Å²) in [6.45, 7) is 5.24.